The molecule has 2 aliphatic heterocycles. The fourth-order valence-corrected chi connectivity index (χ4v) is 2.87. The first-order chi connectivity index (χ1) is 11.2. The minimum Gasteiger partial charge on any atom is -0.392 e. The molecule has 0 radical (unpaired) electrons. The third kappa shape index (κ3) is 2.05. The number of hydrogen-bond acceptors (Lipinski definition) is 3. The maximum Gasteiger partial charge on any atom is 0.282 e. The van der Waals surface area contributed by atoms with Gasteiger partial charge in [0.05, 0.1) is 17.9 Å². The summed E-state index contributed by atoms with van der Waals surface area (Å²) >= 11 is 0. The Morgan fingerprint density at radius 1 is 1.22 bits per heavy atom. The molecule has 2 aliphatic rings. The van der Waals surface area contributed by atoms with Crippen molar-refractivity contribution in [3.05, 3.63) is 70.1 Å². The number of benzene rings is 2. The molecule has 0 fully saturated rings. The molecule has 0 aliphatic carbocycles. The topological polar surface area (TPSA) is 70.9 Å². The number of aliphatic hydroxyl groups excluding tert-OH is 1. The van der Waals surface area contributed by atoms with Crippen molar-refractivity contribution in [2.24, 2.45) is 0 Å². The third-order valence-electron chi connectivity index (χ3n) is 4.12. The number of para-hydroxylation sites is 1. The predicted molar refractivity (Wildman–Crippen MR) is 89.0 cm³/mol. The lowest BCUT2D eigenvalue weighted by molar-refractivity contribution is 0.282. The molecule has 114 valence electrons. The maximum absolute atomic E-state index is 12.7. The van der Waals surface area contributed by atoms with Crippen LogP contribution in [-0.4, -0.2) is 19.9 Å². The van der Waals surface area contributed by atoms with E-state index in [9.17, 15) is 9.90 Å². The molecular formula is C18H15N3O2. The smallest absolute Gasteiger partial charge is 0.282 e. The summed E-state index contributed by atoms with van der Waals surface area (Å²) in [6.45, 7) is 1.91. The van der Waals surface area contributed by atoms with Gasteiger partial charge in [-0.25, -0.2) is 0 Å². The molecule has 2 heterocycles. The zero-order chi connectivity index (χ0) is 16.0. The zero-order valence-electron chi connectivity index (χ0n) is 12.6. The van der Waals surface area contributed by atoms with E-state index in [1.165, 1.54) is 4.68 Å². The van der Waals surface area contributed by atoms with Gasteiger partial charge in [0.2, 0.25) is 0 Å². The van der Waals surface area contributed by atoms with Crippen LogP contribution in [0.1, 0.15) is 11.1 Å². The van der Waals surface area contributed by atoms with Crippen LogP contribution in [0.15, 0.2) is 53.5 Å². The molecule has 2 N–H and O–H groups in total. The first kappa shape index (κ1) is 13.7. The van der Waals surface area contributed by atoms with Crippen molar-refractivity contribution in [2.45, 2.75) is 13.5 Å². The Hall–Kier alpha value is -2.92. The van der Waals surface area contributed by atoms with Gasteiger partial charge in [0.1, 0.15) is 5.69 Å². The largest absolute Gasteiger partial charge is 0.392 e. The maximum atomic E-state index is 12.7. The summed E-state index contributed by atoms with van der Waals surface area (Å²) in [4.78, 5) is 15.8. The number of aliphatic hydroxyl groups is 1. The van der Waals surface area contributed by atoms with Gasteiger partial charge in [0.15, 0.2) is 0 Å². The van der Waals surface area contributed by atoms with Gasteiger partial charge in [0, 0.05) is 17.1 Å². The molecule has 5 nitrogen and oxygen atoms in total. The van der Waals surface area contributed by atoms with Gasteiger partial charge in [-0.15, -0.1) is 0 Å². The Bertz CT molecular complexity index is 1050. The van der Waals surface area contributed by atoms with Gasteiger partial charge < -0.3 is 10.1 Å². The molecular weight excluding hydrogens is 290 g/mol. The van der Waals surface area contributed by atoms with Crippen LogP contribution in [0, 0.1) is 6.92 Å². The lowest BCUT2D eigenvalue weighted by Crippen LogP contribution is -2.15. The fraction of sp³-hybridized carbons (Fsp3) is 0.111. The number of pyridine rings is 1. The van der Waals surface area contributed by atoms with E-state index in [1.54, 1.807) is 6.20 Å². The van der Waals surface area contributed by atoms with Gasteiger partial charge in [-0.05, 0) is 36.2 Å². The van der Waals surface area contributed by atoms with Crippen LogP contribution in [0.3, 0.4) is 0 Å². The average Bonchev–Trinajstić information content (AvgIpc) is 2.92. The number of rotatable bonds is 2. The van der Waals surface area contributed by atoms with E-state index < -0.39 is 0 Å². The van der Waals surface area contributed by atoms with E-state index in [-0.39, 0.29) is 12.2 Å². The highest BCUT2D eigenvalue weighted by Crippen LogP contribution is 2.27. The highest BCUT2D eigenvalue weighted by Gasteiger charge is 2.19. The summed E-state index contributed by atoms with van der Waals surface area (Å²) < 4.78 is 1.44. The number of aromatic nitrogens is 3. The minimum absolute atomic E-state index is 0.0466. The van der Waals surface area contributed by atoms with Crippen molar-refractivity contribution in [3.63, 3.8) is 0 Å². The Morgan fingerprint density at radius 3 is 2.83 bits per heavy atom. The number of nitrogens with one attached hydrogen (secondary N) is 1. The molecule has 0 aromatic heterocycles. The van der Waals surface area contributed by atoms with E-state index in [4.69, 9.17) is 0 Å². The van der Waals surface area contributed by atoms with E-state index in [0.29, 0.717) is 11.3 Å². The molecule has 0 spiro atoms. The van der Waals surface area contributed by atoms with Crippen LogP contribution in [0.2, 0.25) is 0 Å². The second-order valence-electron chi connectivity index (χ2n) is 5.59. The van der Waals surface area contributed by atoms with E-state index in [2.05, 4.69) is 10.1 Å². The number of H-pyrrole nitrogens is 1. The quantitative estimate of drug-likeness (QED) is 0.598. The summed E-state index contributed by atoms with van der Waals surface area (Å²) in [5.74, 6) is 0. The van der Waals surface area contributed by atoms with Crippen molar-refractivity contribution < 1.29 is 5.11 Å². The molecule has 2 aromatic carbocycles. The number of aromatic amines is 1. The van der Waals surface area contributed by atoms with Gasteiger partial charge in [-0.3, -0.25) is 4.79 Å². The van der Waals surface area contributed by atoms with Crippen molar-refractivity contribution >= 4 is 10.9 Å². The molecule has 23 heavy (non-hydrogen) atoms. The summed E-state index contributed by atoms with van der Waals surface area (Å²) in [6, 6.07) is 13.3. The first-order valence-electron chi connectivity index (χ1n) is 7.39. The summed E-state index contributed by atoms with van der Waals surface area (Å²) in [5, 5.41) is 14.7. The predicted octanol–water partition coefficient (Wildman–Crippen LogP) is 2.62. The van der Waals surface area contributed by atoms with Crippen LogP contribution in [-0.2, 0) is 6.61 Å². The molecule has 0 atom stereocenters. The monoisotopic (exact) mass is 305 g/mol. The second kappa shape index (κ2) is 5.07. The van der Waals surface area contributed by atoms with Gasteiger partial charge in [0.25, 0.3) is 5.56 Å². The molecule has 0 saturated carbocycles. The Balaban J connectivity index is 2.07. The number of aryl methyl sites for hydroxylation is 1. The summed E-state index contributed by atoms with van der Waals surface area (Å²) in [5.41, 5.74) is 4.46. The van der Waals surface area contributed by atoms with E-state index in [0.717, 1.165) is 27.7 Å². The van der Waals surface area contributed by atoms with Crippen LogP contribution in [0.5, 0.6) is 0 Å². The zero-order valence-corrected chi connectivity index (χ0v) is 12.6. The molecule has 4 rings (SSSR count). The number of fused-ring (bicyclic) bond motifs is 3. The van der Waals surface area contributed by atoms with Crippen molar-refractivity contribution in [3.8, 4) is 16.9 Å². The Kier molecular flexibility index (Phi) is 3.02. The van der Waals surface area contributed by atoms with Gasteiger partial charge in [-0.2, -0.15) is 9.78 Å². The first-order valence-corrected chi connectivity index (χ1v) is 7.39. The molecule has 0 unspecified atom stereocenters. The fourth-order valence-electron chi connectivity index (χ4n) is 2.87. The average molecular weight is 305 g/mol. The Morgan fingerprint density at radius 2 is 2.04 bits per heavy atom. The lowest BCUT2D eigenvalue weighted by atomic mass is 10.1. The van der Waals surface area contributed by atoms with Crippen molar-refractivity contribution in [1.82, 2.24) is 14.8 Å². The van der Waals surface area contributed by atoms with E-state index >= 15 is 0 Å². The second-order valence-corrected chi connectivity index (χ2v) is 5.59. The van der Waals surface area contributed by atoms with Crippen LogP contribution in [0.25, 0.3) is 27.8 Å². The normalized spacial score (nSPS) is 11.4. The lowest BCUT2D eigenvalue weighted by Gasteiger charge is -2.04. The van der Waals surface area contributed by atoms with Crippen LogP contribution in [0.4, 0.5) is 0 Å². The van der Waals surface area contributed by atoms with Crippen LogP contribution >= 0.6 is 0 Å². The number of hydrogen-bond donors (Lipinski definition) is 2. The molecule has 0 amide bonds. The SMILES string of the molecule is Cc1ccccc1-n1nc2c3cc(CO)ccc3[nH]cc-2c1=O. The molecule has 0 bridgehead atoms. The molecule has 0 saturated heterocycles. The van der Waals surface area contributed by atoms with E-state index in [1.807, 2.05) is 49.4 Å². The minimum atomic E-state index is -0.151. The highest BCUT2D eigenvalue weighted by molar-refractivity contribution is 5.93. The third-order valence-corrected chi connectivity index (χ3v) is 4.12. The Labute approximate surface area is 132 Å². The van der Waals surface area contributed by atoms with Crippen molar-refractivity contribution in [2.75, 3.05) is 0 Å². The van der Waals surface area contributed by atoms with Gasteiger partial charge >= 0.3 is 0 Å². The van der Waals surface area contributed by atoms with Crippen LogP contribution < -0.4 is 5.56 Å². The number of nitrogens with zero attached hydrogens (tertiary/aromatic N) is 2. The van der Waals surface area contributed by atoms with Gasteiger partial charge in [-0.1, -0.05) is 24.3 Å². The van der Waals surface area contributed by atoms with Crippen molar-refractivity contribution in [1.29, 1.82) is 0 Å². The summed E-state index contributed by atoms with van der Waals surface area (Å²) in [6.07, 6.45) is 1.69. The molecule has 2 aromatic rings. The molecule has 5 heteroatoms. The summed E-state index contributed by atoms with van der Waals surface area (Å²) in [7, 11) is 0. The highest BCUT2D eigenvalue weighted by atomic mass is 16.3. The standard InChI is InChI=1S/C18H15N3O2/c1-11-4-2-3-5-16(11)21-18(23)14-9-19-15-7-6-12(10-22)8-13(15)17(14)20-21/h2-9,19,22H,10H2,1H3.